The van der Waals surface area contributed by atoms with Crippen molar-refractivity contribution < 1.29 is 13.2 Å². The van der Waals surface area contributed by atoms with Gasteiger partial charge >= 0.3 is 0 Å². The fourth-order valence-electron chi connectivity index (χ4n) is 2.68. The number of nitrogens with one attached hydrogen (secondary N) is 1. The van der Waals surface area contributed by atoms with Crippen LogP contribution in [0, 0.1) is 0 Å². The van der Waals surface area contributed by atoms with Crippen molar-refractivity contribution in [3.63, 3.8) is 0 Å². The van der Waals surface area contributed by atoms with E-state index in [9.17, 15) is 8.42 Å². The number of hydrogen-bond acceptors (Lipinski definition) is 4. The average molecular weight is 337 g/mol. The van der Waals surface area contributed by atoms with Crippen molar-refractivity contribution in [2.45, 2.75) is 36.4 Å². The highest BCUT2D eigenvalue weighted by Gasteiger charge is 2.31. The fourth-order valence-corrected chi connectivity index (χ4v) is 5.28. The SMILES string of the molecule is CCc1ccc(S(=O)(=O)N[C@H](C)[C@H]2COc3ccccc32)s1. The molecule has 0 aliphatic carbocycles. The minimum atomic E-state index is -3.48. The van der Waals surface area contributed by atoms with E-state index >= 15 is 0 Å². The molecule has 22 heavy (non-hydrogen) atoms. The van der Waals surface area contributed by atoms with E-state index in [1.807, 2.05) is 44.2 Å². The van der Waals surface area contributed by atoms with Crippen molar-refractivity contribution in [3.8, 4) is 5.75 Å². The van der Waals surface area contributed by atoms with Gasteiger partial charge in [-0.25, -0.2) is 13.1 Å². The summed E-state index contributed by atoms with van der Waals surface area (Å²) in [5.41, 5.74) is 1.07. The third-order valence-corrected chi connectivity index (χ3v) is 7.21. The van der Waals surface area contributed by atoms with Crippen molar-refractivity contribution in [1.29, 1.82) is 0 Å². The van der Waals surface area contributed by atoms with Crippen molar-refractivity contribution in [1.82, 2.24) is 4.72 Å². The first-order valence-electron chi connectivity index (χ1n) is 7.34. The Morgan fingerprint density at radius 2 is 2.09 bits per heavy atom. The van der Waals surface area contributed by atoms with Gasteiger partial charge in [0.05, 0.1) is 6.61 Å². The molecular formula is C16H19NO3S2. The van der Waals surface area contributed by atoms with Gasteiger partial charge in [-0.3, -0.25) is 0 Å². The third-order valence-electron chi connectivity index (χ3n) is 3.93. The first-order valence-corrected chi connectivity index (χ1v) is 9.64. The summed E-state index contributed by atoms with van der Waals surface area (Å²) in [7, 11) is -3.48. The van der Waals surface area contributed by atoms with E-state index in [1.165, 1.54) is 11.3 Å². The molecular weight excluding hydrogens is 318 g/mol. The highest BCUT2D eigenvalue weighted by Crippen LogP contribution is 2.36. The molecule has 0 amide bonds. The van der Waals surface area contributed by atoms with Gasteiger partial charge in [0.2, 0.25) is 10.0 Å². The molecule has 0 saturated carbocycles. The Bertz CT molecular complexity index is 767. The van der Waals surface area contributed by atoms with Crippen LogP contribution >= 0.6 is 11.3 Å². The molecule has 3 rings (SSSR count). The summed E-state index contributed by atoms with van der Waals surface area (Å²) in [5, 5.41) is 0. The van der Waals surface area contributed by atoms with E-state index in [-0.39, 0.29) is 12.0 Å². The number of aryl methyl sites for hydroxylation is 1. The lowest BCUT2D eigenvalue weighted by Crippen LogP contribution is -2.37. The molecule has 2 atom stereocenters. The number of para-hydroxylation sites is 1. The fraction of sp³-hybridized carbons (Fsp3) is 0.375. The monoisotopic (exact) mass is 337 g/mol. The predicted molar refractivity (Wildman–Crippen MR) is 88.2 cm³/mol. The molecule has 1 aliphatic heterocycles. The maximum Gasteiger partial charge on any atom is 0.250 e. The lowest BCUT2D eigenvalue weighted by Gasteiger charge is -2.19. The molecule has 1 aliphatic rings. The highest BCUT2D eigenvalue weighted by molar-refractivity contribution is 7.91. The topological polar surface area (TPSA) is 55.4 Å². The van der Waals surface area contributed by atoms with Crippen LogP contribution in [0.4, 0.5) is 0 Å². The summed E-state index contributed by atoms with van der Waals surface area (Å²) in [6.45, 7) is 4.42. The molecule has 0 spiro atoms. The summed E-state index contributed by atoms with van der Waals surface area (Å²) in [6, 6.07) is 11.1. The van der Waals surface area contributed by atoms with E-state index in [1.54, 1.807) is 6.07 Å². The van der Waals surface area contributed by atoms with Crippen LogP contribution in [0.25, 0.3) is 0 Å². The second kappa shape index (κ2) is 6.02. The van der Waals surface area contributed by atoms with Crippen LogP contribution in [0.3, 0.4) is 0 Å². The Hall–Kier alpha value is -1.37. The minimum Gasteiger partial charge on any atom is -0.493 e. The molecule has 2 heterocycles. The molecule has 1 N–H and O–H groups in total. The Balaban J connectivity index is 1.78. The van der Waals surface area contributed by atoms with Crippen molar-refractivity contribution in [2.24, 2.45) is 0 Å². The summed E-state index contributed by atoms with van der Waals surface area (Å²) in [6.07, 6.45) is 0.847. The van der Waals surface area contributed by atoms with Gasteiger partial charge in [0.25, 0.3) is 0 Å². The smallest absolute Gasteiger partial charge is 0.250 e. The van der Waals surface area contributed by atoms with Crippen LogP contribution in [0.1, 0.15) is 30.2 Å². The molecule has 1 aromatic heterocycles. The number of sulfonamides is 1. The Morgan fingerprint density at radius 1 is 1.32 bits per heavy atom. The van der Waals surface area contributed by atoms with Crippen LogP contribution in [0.5, 0.6) is 5.75 Å². The van der Waals surface area contributed by atoms with Gasteiger partial charge in [-0.2, -0.15) is 0 Å². The van der Waals surface area contributed by atoms with Gasteiger partial charge in [-0.1, -0.05) is 25.1 Å². The molecule has 2 aromatic rings. The van der Waals surface area contributed by atoms with Crippen LogP contribution < -0.4 is 9.46 Å². The normalized spacial score (nSPS) is 18.7. The number of ether oxygens (including phenoxy) is 1. The number of fused-ring (bicyclic) bond motifs is 1. The van der Waals surface area contributed by atoms with Crippen molar-refractivity contribution in [2.75, 3.05) is 6.61 Å². The zero-order valence-corrected chi connectivity index (χ0v) is 14.2. The summed E-state index contributed by atoms with van der Waals surface area (Å²) < 4.78 is 33.8. The quantitative estimate of drug-likeness (QED) is 0.912. The molecule has 0 saturated heterocycles. The molecule has 0 unspecified atom stereocenters. The van der Waals surface area contributed by atoms with E-state index in [2.05, 4.69) is 4.72 Å². The van der Waals surface area contributed by atoms with Crippen LogP contribution in [0.2, 0.25) is 0 Å². The van der Waals surface area contributed by atoms with Gasteiger partial charge in [0.15, 0.2) is 0 Å². The largest absolute Gasteiger partial charge is 0.493 e. The lowest BCUT2D eigenvalue weighted by molar-refractivity contribution is 0.313. The van der Waals surface area contributed by atoms with Gasteiger partial charge in [-0.15, -0.1) is 11.3 Å². The summed E-state index contributed by atoms with van der Waals surface area (Å²) >= 11 is 1.33. The summed E-state index contributed by atoms with van der Waals surface area (Å²) in [4.78, 5) is 1.07. The van der Waals surface area contributed by atoms with E-state index in [4.69, 9.17) is 4.74 Å². The van der Waals surface area contributed by atoms with Crippen LogP contribution in [-0.4, -0.2) is 21.1 Å². The number of thiophene rings is 1. The number of hydrogen-bond donors (Lipinski definition) is 1. The summed E-state index contributed by atoms with van der Waals surface area (Å²) in [5.74, 6) is 0.888. The molecule has 0 bridgehead atoms. The van der Waals surface area contributed by atoms with Gasteiger partial charge in [0, 0.05) is 22.4 Å². The Kier molecular flexibility index (Phi) is 4.25. The Morgan fingerprint density at radius 3 is 2.82 bits per heavy atom. The van der Waals surface area contributed by atoms with Gasteiger partial charge in [0.1, 0.15) is 9.96 Å². The van der Waals surface area contributed by atoms with Crippen LogP contribution in [0.15, 0.2) is 40.6 Å². The highest BCUT2D eigenvalue weighted by atomic mass is 32.2. The van der Waals surface area contributed by atoms with Gasteiger partial charge < -0.3 is 4.74 Å². The molecule has 4 nitrogen and oxygen atoms in total. The lowest BCUT2D eigenvalue weighted by atomic mass is 9.95. The molecule has 0 fully saturated rings. The van der Waals surface area contributed by atoms with Crippen LogP contribution in [-0.2, 0) is 16.4 Å². The number of rotatable bonds is 5. The van der Waals surface area contributed by atoms with Crippen molar-refractivity contribution >= 4 is 21.4 Å². The zero-order chi connectivity index (χ0) is 15.7. The minimum absolute atomic E-state index is 0.0385. The first kappa shape index (κ1) is 15.5. The Labute approximate surface area is 135 Å². The predicted octanol–water partition coefficient (Wildman–Crippen LogP) is 3.15. The molecule has 0 radical (unpaired) electrons. The maximum atomic E-state index is 12.5. The molecule has 118 valence electrons. The zero-order valence-electron chi connectivity index (χ0n) is 12.6. The maximum absolute atomic E-state index is 12.5. The molecule has 1 aromatic carbocycles. The van der Waals surface area contributed by atoms with Crippen molar-refractivity contribution in [3.05, 3.63) is 46.8 Å². The van der Waals surface area contributed by atoms with E-state index in [0.717, 1.165) is 22.6 Å². The number of benzene rings is 1. The second-order valence-electron chi connectivity index (χ2n) is 5.44. The molecule has 6 heteroatoms. The standard InChI is InChI=1S/C16H19NO3S2/c1-3-12-8-9-16(21-12)22(18,19)17-11(2)14-10-20-15-7-5-4-6-13(14)15/h4-9,11,14,17H,3,10H2,1-2H3/t11-,14-/m1/s1. The third kappa shape index (κ3) is 2.91. The average Bonchev–Trinajstić information content (AvgIpc) is 3.14. The second-order valence-corrected chi connectivity index (χ2v) is 8.55. The van der Waals surface area contributed by atoms with E-state index < -0.39 is 10.0 Å². The van der Waals surface area contributed by atoms with Gasteiger partial charge in [-0.05, 0) is 31.5 Å². The van der Waals surface area contributed by atoms with E-state index in [0.29, 0.717) is 10.8 Å². The first-order chi connectivity index (χ1) is 10.5.